The molecule has 1 unspecified atom stereocenters. The number of ether oxygens (including phenoxy) is 1. The molecule has 7 nitrogen and oxygen atoms in total. The molecule has 0 saturated heterocycles. The molecule has 116 valence electrons. The monoisotopic (exact) mass is 315 g/mol. The molecule has 1 N–H and O–H groups in total. The average Bonchev–Trinajstić information content (AvgIpc) is 2.35. The normalized spacial score (nSPS) is 12.3. The van der Waals surface area contributed by atoms with E-state index in [4.69, 9.17) is 8.92 Å². The van der Waals surface area contributed by atoms with E-state index in [9.17, 15) is 18.0 Å². The fourth-order valence-electron chi connectivity index (χ4n) is 1.60. The van der Waals surface area contributed by atoms with Crippen molar-refractivity contribution in [3.05, 3.63) is 29.8 Å². The fraction of sp³-hybridized carbons (Fsp3) is 0.385. The van der Waals surface area contributed by atoms with E-state index in [1.165, 1.54) is 31.2 Å². The molecular weight excluding hydrogens is 298 g/mol. The standard InChI is InChI=1S/C13H17NO6S/c1-4-19-13(16)12(14-9(2)15)10-5-7-11(8-6-10)20-21(3,17)18/h5-8,12H,4H2,1-3H3,(H,14,15). The van der Waals surface area contributed by atoms with Gasteiger partial charge in [0.1, 0.15) is 5.75 Å². The first-order valence-corrected chi connectivity index (χ1v) is 7.97. The molecule has 21 heavy (non-hydrogen) atoms. The number of nitrogens with one attached hydrogen (secondary N) is 1. The minimum atomic E-state index is -3.62. The third kappa shape index (κ3) is 5.82. The summed E-state index contributed by atoms with van der Waals surface area (Å²) >= 11 is 0. The molecule has 0 aliphatic rings. The Kier molecular flexibility index (Phi) is 5.71. The first-order chi connectivity index (χ1) is 9.73. The first kappa shape index (κ1) is 17.0. The average molecular weight is 315 g/mol. The van der Waals surface area contributed by atoms with Gasteiger partial charge in [-0.15, -0.1) is 0 Å². The molecule has 8 heteroatoms. The van der Waals surface area contributed by atoms with E-state index in [1.54, 1.807) is 6.92 Å². The zero-order chi connectivity index (χ0) is 16.0. The van der Waals surface area contributed by atoms with Gasteiger partial charge in [-0.2, -0.15) is 8.42 Å². The van der Waals surface area contributed by atoms with E-state index in [2.05, 4.69) is 5.32 Å². The van der Waals surface area contributed by atoms with E-state index >= 15 is 0 Å². The summed E-state index contributed by atoms with van der Waals surface area (Å²) in [5.74, 6) is -0.860. The number of rotatable bonds is 6. The van der Waals surface area contributed by atoms with Crippen LogP contribution in [-0.2, 0) is 24.4 Å². The molecule has 1 amide bonds. The molecule has 0 saturated carbocycles. The second-order valence-electron chi connectivity index (χ2n) is 4.24. The Bertz CT molecular complexity index is 608. The maximum absolute atomic E-state index is 11.8. The van der Waals surface area contributed by atoms with E-state index in [-0.39, 0.29) is 18.3 Å². The van der Waals surface area contributed by atoms with Crippen LogP contribution in [0.5, 0.6) is 5.75 Å². The lowest BCUT2D eigenvalue weighted by atomic mass is 10.1. The van der Waals surface area contributed by atoms with Crippen LogP contribution in [0.1, 0.15) is 25.5 Å². The minimum absolute atomic E-state index is 0.117. The van der Waals surface area contributed by atoms with Crippen molar-refractivity contribution in [1.29, 1.82) is 0 Å². The minimum Gasteiger partial charge on any atom is -0.464 e. The van der Waals surface area contributed by atoms with Crippen LogP contribution in [0.4, 0.5) is 0 Å². The van der Waals surface area contributed by atoms with Crippen LogP contribution >= 0.6 is 0 Å². The van der Waals surface area contributed by atoms with Crippen molar-refractivity contribution in [3.63, 3.8) is 0 Å². The summed E-state index contributed by atoms with van der Waals surface area (Å²) in [7, 11) is -3.62. The van der Waals surface area contributed by atoms with Gasteiger partial charge in [0.25, 0.3) is 0 Å². The van der Waals surface area contributed by atoms with Gasteiger partial charge in [0.2, 0.25) is 5.91 Å². The fourth-order valence-corrected chi connectivity index (χ4v) is 2.06. The van der Waals surface area contributed by atoms with Crippen LogP contribution in [0, 0.1) is 0 Å². The lowest BCUT2D eigenvalue weighted by Crippen LogP contribution is -2.33. The highest BCUT2D eigenvalue weighted by atomic mass is 32.2. The van der Waals surface area contributed by atoms with Gasteiger partial charge in [0, 0.05) is 6.92 Å². The number of carbonyl (C=O) groups excluding carboxylic acids is 2. The number of hydrogen-bond donors (Lipinski definition) is 1. The first-order valence-electron chi connectivity index (χ1n) is 6.16. The Morgan fingerprint density at radius 2 is 1.81 bits per heavy atom. The van der Waals surface area contributed by atoms with Crippen LogP contribution in [0.2, 0.25) is 0 Å². The largest absolute Gasteiger partial charge is 0.464 e. The highest BCUT2D eigenvalue weighted by Gasteiger charge is 2.23. The molecule has 0 aliphatic heterocycles. The Labute approximate surface area is 123 Å². The predicted molar refractivity (Wildman–Crippen MR) is 75.1 cm³/mol. The van der Waals surface area contributed by atoms with Gasteiger partial charge in [-0.25, -0.2) is 4.79 Å². The summed E-state index contributed by atoms with van der Waals surface area (Å²) in [5, 5.41) is 2.48. The van der Waals surface area contributed by atoms with E-state index in [0.717, 1.165) is 6.26 Å². The number of hydrogen-bond acceptors (Lipinski definition) is 6. The maximum Gasteiger partial charge on any atom is 0.333 e. The summed E-state index contributed by atoms with van der Waals surface area (Å²) in [6.07, 6.45) is 0.930. The summed E-state index contributed by atoms with van der Waals surface area (Å²) in [6.45, 7) is 3.13. The van der Waals surface area contributed by atoms with E-state index in [0.29, 0.717) is 5.56 Å². The summed E-state index contributed by atoms with van der Waals surface area (Å²) in [6, 6.07) is 4.81. The van der Waals surface area contributed by atoms with Crippen molar-refractivity contribution in [2.24, 2.45) is 0 Å². The van der Waals surface area contributed by atoms with Crippen molar-refractivity contribution in [2.75, 3.05) is 12.9 Å². The maximum atomic E-state index is 11.8. The molecule has 1 atom stereocenters. The lowest BCUT2D eigenvalue weighted by Gasteiger charge is -2.17. The molecular formula is C13H17NO6S. The van der Waals surface area contributed by atoms with Crippen LogP contribution in [-0.4, -0.2) is 33.2 Å². The van der Waals surface area contributed by atoms with E-state index in [1.807, 2.05) is 0 Å². The highest BCUT2D eigenvalue weighted by molar-refractivity contribution is 7.86. The topological polar surface area (TPSA) is 98.8 Å². The van der Waals surface area contributed by atoms with Crippen LogP contribution in [0.15, 0.2) is 24.3 Å². The van der Waals surface area contributed by atoms with Crippen molar-refractivity contribution < 1.29 is 26.9 Å². The second kappa shape index (κ2) is 7.07. The van der Waals surface area contributed by atoms with Gasteiger partial charge in [0.15, 0.2) is 6.04 Å². The third-order valence-corrected chi connectivity index (χ3v) is 2.83. The molecule has 0 aliphatic carbocycles. The van der Waals surface area contributed by atoms with E-state index < -0.39 is 22.1 Å². The van der Waals surface area contributed by atoms with Gasteiger partial charge in [-0.05, 0) is 24.6 Å². The van der Waals surface area contributed by atoms with Crippen molar-refractivity contribution in [1.82, 2.24) is 5.32 Å². The highest BCUT2D eigenvalue weighted by Crippen LogP contribution is 2.20. The van der Waals surface area contributed by atoms with Gasteiger partial charge in [-0.3, -0.25) is 4.79 Å². The smallest absolute Gasteiger partial charge is 0.333 e. The number of esters is 1. The molecule has 0 radical (unpaired) electrons. The SMILES string of the molecule is CCOC(=O)C(NC(C)=O)c1ccc(OS(C)(=O)=O)cc1. The quantitative estimate of drug-likeness (QED) is 0.615. The Balaban J connectivity index is 2.98. The zero-order valence-electron chi connectivity index (χ0n) is 12.0. The van der Waals surface area contributed by atoms with Gasteiger partial charge in [-0.1, -0.05) is 12.1 Å². The Hall–Kier alpha value is -2.09. The van der Waals surface area contributed by atoms with Crippen molar-refractivity contribution >= 4 is 22.0 Å². The molecule has 0 fully saturated rings. The third-order valence-electron chi connectivity index (χ3n) is 2.33. The molecule has 1 aromatic rings. The molecule has 1 aromatic carbocycles. The molecule has 0 heterocycles. The summed E-state index contributed by atoms with van der Waals surface area (Å²) in [5.41, 5.74) is 0.463. The molecule has 1 rings (SSSR count). The van der Waals surface area contributed by atoms with Gasteiger partial charge in [0.05, 0.1) is 12.9 Å². The number of benzene rings is 1. The van der Waals surface area contributed by atoms with Crippen LogP contribution in [0.25, 0.3) is 0 Å². The Morgan fingerprint density at radius 1 is 1.24 bits per heavy atom. The zero-order valence-corrected chi connectivity index (χ0v) is 12.8. The molecule has 0 spiro atoms. The predicted octanol–water partition coefficient (Wildman–Crippen LogP) is 0.765. The summed E-state index contributed by atoms with van der Waals surface area (Å²) < 4.78 is 31.6. The van der Waals surface area contributed by atoms with Crippen molar-refractivity contribution in [2.45, 2.75) is 19.9 Å². The number of amides is 1. The van der Waals surface area contributed by atoms with Crippen LogP contribution < -0.4 is 9.50 Å². The molecule has 0 bridgehead atoms. The Morgan fingerprint density at radius 3 is 2.24 bits per heavy atom. The van der Waals surface area contributed by atoms with Gasteiger partial charge < -0.3 is 14.2 Å². The molecule has 0 aromatic heterocycles. The van der Waals surface area contributed by atoms with Crippen molar-refractivity contribution in [3.8, 4) is 5.75 Å². The lowest BCUT2D eigenvalue weighted by molar-refractivity contribution is -0.147. The number of carbonyl (C=O) groups is 2. The second-order valence-corrected chi connectivity index (χ2v) is 5.82. The van der Waals surface area contributed by atoms with Gasteiger partial charge >= 0.3 is 16.1 Å². The van der Waals surface area contributed by atoms with Crippen LogP contribution in [0.3, 0.4) is 0 Å². The summed E-state index contributed by atoms with van der Waals surface area (Å²) in [4.78, 5) is 23.0.